The molecule has 1 aromatic carbocycles. The third-order valence-electron chi connectivity index (χ3n) is 2.57. The van der Waals surface area contributed by atoms with Crippen molar-refractivity contribution in [2.24, 2.45) is 5.92 Å². The molecule has 0 radical (unpaired) electrons. The van der Waals surface area contributed by atoms with Crippen LogP contribution in [0.3, 0.4) is 0 Å². The highest BCUT2D eigenvalue weighted by molar-refractivity contribution is 6.30. The highest BCUT2D eigenvalue weighted by atomic mass is 35.5. The van der Waals surface area contributed by atoms with Crippen LogP contribution in [0.4, 0.5) is 4.39 Å². The van der Waals surface area contributed by atoms with E-state index < -0.39 is 5.82 Å². The molecule has 82 valence electrons. The van der Waals surface area contributed by atoms with Gasteiger partial charge >= 0.3 is 0 Å². The van der Waals surface area contributed by atoms with E-state index in [0.29, 0.717) is 12.5 Å². The number of nitrogens with one attached hydrogen (secondary N) is 1. The van der Waals surface area contributed by atoms with Gasteiger partial charge in [-0.2, -0.15) is 0 Å². The minimum absolute atomic E-state index is 0.109. The van der Waals surface area contributed by atoms with Crippen LogP contribution in [0.1, 0.15) is 6.42 Å². The predicted octanol–water partition coefficient (Wildman–Crippen LogP) is 2.47. The first kappa shape index (κ1) is 10.7. The van der Waals surface area contributed by atoms with E-state index in [0.717, 1.165) is 19.5 Å². The number of hydrogen-bond donors (Lipinski definition) is 1. The summed E-state index contributed by atoms with van der Waals surface area (Å²) < 4.78 is 18.7. The van der Waals surface area contributed by atoms with Crippen molar-refractivity contribution in [3.63, 3.8) is 0 Å². The zero-order chi connectivity index (χ0) is 10.7. The van der Waals surface area contributed by atoms with Crippen molar-refractivity contribution in [2.75, 3.05) is 19.7 Å². The molecule has 0 aromatic heterocycles. The molecule has 2 nitrogen and oxygen atoms in total. The standard InChI is InChI=1S/C11H13ClFNO/c12-9-2-1-3-10(11(9)13)15-5-4-8-6-14-7-8/h1-3,8,14H,4-7H2. The molecule has 1 fully saturated rings. The summed E-state index contributed by atoms with van der Waals surface area (Å²) in [4.78, 5) is 0. The highest BCUT2D eigenvalue weighted by Gasteiger charge is 2.16. The summed E-state index contributed by atoms with van der Waals surface area (Å²) in [6.07, 6.45) is 0.957. The molecule has 0 bridgehead atoms. The third kappa shape index (κ3) is 2.61. The average molecular weight is 230 g/mol. The fourth-order valence-corrected chi connectivity index (χ4v) is 1.65. The molecule has 2 rings (SSSR count). The molecule has 0 amide bonds. The summed E-state index contributed by atoms with van der Waals surface area (Å²) in [5, 5.41) is 3.29. The van der Waals surface area contributed by atoms with Gasteiger partial charge < -0.3 is 10.1 Å². The smallest absolute Gasteiger partial charge is 0.183 e. The molecular formula is C11H13ClFNO. The van der Waals surface area contributed by atoms with Gasteiger partial charge in [0.15, 0.2) is 11.6 Å². The van der Waals surface area contributed by atoms with E-state index in [2.05, 4.69) is 5.32 Å². The van der Waals surface area contributed by atoms with Gasteiger partial charge in [-0.05, 0) is 37.6 Å². The zero-order valence-electron chi connectivity index (χ0n) is 8.30. The molecule has 1 N–H and O–H groups in total. The van der Waals surface area contributed by atoms with Gasteiger partial charge in [-0.1, -0.05) is 17.7 Å². The first-order chi connectivity index (χ1) is 7.27. The summed E-state index contributed by atoms with van der Waals surface area (Å²) in [6, 6.07) is 4.80. The van der Waals surface area contributed by atoms with Crippen LogP contribution in [-0.4, -0.2) is 19.7 Å². The summed E-state index contributed by atoms with van der Waals surface area (Å²) >= 11 is 5.63. The van der Waals surface area contributed by atoms with E-state index in [1.807, 2.05) is 0 Å². The van der Waals surface area contributed by atoms with Gasteiger partial charge in [0.1, 0.15) is 0 Å². The Balaban J connectivity index is 1.84. The van der Waals surface area contributed by atoms with Crippen LogP contribution in [0.15, 0.2) is 18.2 Å². The Kier molecular flexibility index (Phi) is 3.44. The van der Waals surface area contributed by atoms with Crippen molar-refractivity contribution >= 4 is 11.6 Å². The number of ether oxygens (including phenoxy) is 1. The molecule has 4 heteroatoms. The minimum atomic E-state index is -0.467. The SMILES string of the molecule is Fc1c(Cl)cccc1OCCC1CNC1. The summed E-state index contributed by atoms with van der Waals surface area (Å²) in [5.74, 6) is 0.452. The lowest BCUT2D eigenvalue weighted by molar-refractivity contribution is 0.232. The molecule has 0 saturated carbocycles. The monoisotopic (exact) mass is 229 g/mol. The Morgan fingerprint density at radius 2 is 2.27 bits per heavy atom. The van der Waals surface area contributed by atoms with Crippen LogP contribution in [0.25, 0.3) is 0 Å². The van der Waals surface area contributed by atoms with E-state index in [4.69, 9.17) is 16.3 Å². The van der Waals surface area contributed by atoms with Crippen molar-refractivity contribution in [3.05, 3.63) is 29.0 Å². The van der Waals surface area contributed by atoms with Crippen LogP contribution in [0.5, 0.6) is 5.75 Å². The molecule has 1 aliphatic rings. The predicted molar refractivity (Wildman–Crippen MR) is 57.9 cm³/mol. The van der Waals surface area contributed by atoms with Gasteiger partial charge in [-0.25, -0.2) is 4.39 Å². The van der Waals surface area contributed by atoms with E-state index >= 15 is 0 Å². The Morgan fingerprint density at radius 3 is 2.93 bits per heavy atom. The molecule has 0 atom stereocenters. The first-order valence-electron chi connectivity index (χ1n) is 5.05. The topological polar surface area (TPSA) is 21.3 Å². The second-order valence-corrected chi connectivity index (χ2v) is 4.12. The van der Waals surface area contributed by atoms with Gasteiger partial charge in [0.2, 0.25) is 0 Å². The number of rotatable bonds is 4. The quantitative estimate of drug-likeness (QED) is 0.857. The number of benzene rings is 1. The maximum absolute atomic E-state index is 13.4. The summed E-state index contributed by atoms with van der Waals surface area (Å²) in [7, 11) is 0. The second-order valence-electron chi connectivity index (χ2n) is 3.71. The number of halogens is 2. The fraction of sp³-hybridized carbons (Fsp3) is 0.455. The second kappa shape index (κ2) is 4.81. The Hall–Kier alpha value is -0.800. The first-order valence-corrected chi connectivity index (χ1v) is 5.42. The Morgan fingerprint density at radius 1 is 1.47 bits per heavy atom. The largest absolute Gasteiger partial charge is 0.490 e. The van der Waals surface area contributed by atoms with Crippen molar-refractivity contribution in [3.8, 4) is 5.75 Å². The molecule has 0 aliphatic carbocycles. The molecule has 0 unspecified atom stereocenters. The lowest BCUT2D eigenvalue weighted by atomic mass is 10.0. The third-order valence-corrected chi connectivity index (χ3v) is 2.86. The van der Waals surface area contributed by atoms with Gasteiger partial charge in [0, 0.05) is 0 Å². The normalized spacial score (nSPS) is 16.1. The van der Waals surface area contributed by atoms with E-state index in [1.165, 1.54) is 6.07 Å². The van der Waals surface area contributed by atoms with Crippen molar-refractivity contribution in [2.45, 2.75) is 6.42 Å². The summed E-state index contributed by atoms with van der Waals surface area (Å²) in [5.41, 5.74) is 0. The molecule has 1 aliphatic heterocycles. The van der Waals surface area contributed by atoms with E-state index in [1.54, 1.807) is 12.1 Å². The van der Waals surface area contributed by atoms with Crippen molar-refractivity contribution in [1.82, 2.24) is 5.32 Å². The lowest BCUT2D eigenvalue weighted by Crippen LogP contribution is -2.42. The zero-order valence-corrected chi connectivity index (χ0v) is 9.06. The van der Waals surface area contributed by atoms with Crippen LogP contribution in [-0.2, 0) is 0 Å². The van der Waals surface area contributed by atoms with Crippen LogP contribution >= 0.6 is 11.6 Å². The van der Waals surface area contributed by atoms with Gasteiger partial charge in [0.05, 0.1) is 11.6 Å². The van der Waals surface area contributed by atoms with Crippen LogP contribution in [0, 0.1) is 11.7 Å². The number of hydrogen-bond acceptors (Lipinski definition) is 2. The minimum Gasteiger partial charge on any atom is -0.490 e. The van der Waals surface area contributed by atoms with Gasteiger partial charge in [-0.15, -0.1) is 0 Å². The molecule has 0 spiro atoms. The van der Waals surface area contributed by atoms with Crippen molar-refractivity contribution in [1.29, 1.82) is 0 Å². The van der Waals surface area contributed by atoms with Gasteiger partial charge in [-0.3, -0.25) is 0 Å². The highest BCUT2D eigenvalue weighted by Crippen LogP contribution is 2.24. The average Bonchev–Trinajstić information content (AvgIpc) is 2.16. The van der Waals surface area contributed by atoms with E-state index in [-0.39, 0.29) is 10.8 Å². The lowest BCUT2D eigenvalue weighted by Gasteiger charge is -2.26. The molecule has 15 heavy (non-hydrogen) atoms. The molecule has 1 heterocycles. The van der Waals surface area contributed by atoms with E-state index in [9.17, 15) is 4.39 Å². The Labute approximate surface area is 93.4 Å². The van der Waals surface area contributed by atoms with Crippen LogP contribution < -0.4 is 10.1 Å². The van der Waals surface area contributed by atoms with Gasteiger partial charge in [0.25, 0.3) is 0 Å². The van der Waals surface area contributed by atoms with Crippen molar-refractivity contribution < 1.29 is 9.13 Å². The maximum atomic E-state index is 13.4. The molecular weight excluding hydrogens is 217 g/mol. The summed E-state index contributed by atoms with van der Waals surface area (Å²) in [6.45, 7) is 2.63. The molecule has 1 saturated heterocycles. The molecule has 1 aromatic rings. The Bertz CT molecular complexity index is 341. The fourth-order valence-electron chi connectivity index (χ4n) is 1.48. The van der Waals surface area contributed by atoms with Crippen LogP contribution in [0.2, 0.25) is 5.02 Å². The maximum Gasteiger partial charge on any atom is 0.183 e.